The van der Waals surface area contributed by atoms with E-state index in [0.717, 1.165) is 62.1 Å². The molecule has 2 amide bonds. The molecule has 2 fully saturated rings. The lowest BCUT2D eigenvalue weighted by molar-refractivity contribution is -0.135. The number of guanidine groups is 1. The highest BCUT2D eigenvalue weighted by atomic mass is 16.5. The maximum absolute atomic E-state index is 13.1. The van der Waals surface area contributed by atoms with Crippen LogP contribution in [-0.4, -0.2) is 66.5 Å². The highest BCUT2D eigenvalue weighted by Gasteiger charge is 2.29. The third-order valence-electron chi connectivity index (χ3n) is 7.03. The van der Waals surface area contributed by atoms with E-state index in [9.17, 15) is 9.59 Å². The van der Waals surface area contributed by atoms with Gasteiger partial charge in [0.2, 0.25) is 17.8 Å². The second-order valence-electron chi connectivity index (χ2n) is 9.78. The fourth-order valence-corrected chi connectivity index (χ4v) is 5.05. The van der Waals surface area contributed by atoms with Gasteiger partial charge in [-0.05, 0) is 50.3 Å². The topological polar surface area (TPSA) is 83.5 Å². The molecule has 8 nitrogen and oxygen atoms in total. The smallest absolute Gasteiger partial charge is 0.246 e. The first kappa shape index (κ1) is 25.5. The van der Waals surface area contributed by atoms with Crippen LogP contribution in [0, 0.1) is 0 Å². The number of hydrogen-bond donors (Lipinski definition) is 1. The minimum Gasteiger partial charge on any atom is -0.494 e. The van der Waals surface area contributed by atoms with E-state index in [-0.39, 0.29) is 11.8 Å². The molecule has 0 bridgehead atoms. The Bertz CT molecular complexity index is 897. The van der Waals surface area contributed by atoms with Crippen molar-refractivity contribution in [1.29, 1.82) is 0 Å². The lowest BCUT2D eigenvalue weighted by Crippen LogP contribution is -2.43. The average Bonchev–Trinajstić information content (AvgIpc) is 3.23. The van der Waals surface area contributed by atoms with Crippen LogP contribution < -0.4 is 10.1 Å². The molecular weight excluding hydrogens is 444 g/mol. The Labute approximate surface area is 209 Å². The molecular formula is C27H40N4O4. The molecule has 2 heterocycles. The van der Waals surface area contributed by atoms with Gasteiger partial charge in [0, 0.05) is 37.7 Å². The van der Waals surface area contributed by atoms with Crippen LogP contribution >= 0.6 is 0 Å². The van der Waals surface area contributed by atoms with Gasteiger partial charge in [0.25, 0.3) is 0 Å². The van der Waals surface area contributed by atoms with E-state index in [4.69, 9.17) is 9.47 Å². The Balaban J connectivity index is 1.19. The number of benzene rings is 1. The second-order valence-corrected chi connectivity index (χ2v) is 9.78. The van der Waals surface area contributed by atoms with Gasteiger partial charge >= 0.3 is 0 Å². The number of rotatable bonds is 13. The zero-order valence-electron chi connectivity index (χ0n) is 21.1. The first-order valence-electron chi connectivity index (χ1n) is 13.4. The summed E-state index contributed by atoms with van der Waals surface area (Å²) in [6.07, 6.45) is 10.4. The molecule has 4 rings (SSSR count). The van der Waals surface area contributed by atoms with E-state index in [1.807, 2.05) is 23.1 Å². The molecule has 1 N–H and O–H groups in total. The largest absolute Gasteiger partial charge is 0.494 e. The van der Waals surface area contributed by atoms with E-state index in [1.165, 1.54) is 19.3 Å². The van der Waals surface area contributed by atoms with Crippen LogP contribution in [0.5, 0.6) is 5.75 Å². The highest BCUT2D eigenvalue weighted by Crippen LogP contribution is 2.30. The van der Waals surface area contributed by atoms with Gasteiger partial charge in [-0.25, -0.2) is 4.99 Å². The van der Waals surface area contributed by atoms with Crippen molar-refractivity contribution in [3.63, 3.8) is 0 Å². The van der Waals surface area contributed by atoms with Crippen molar-refractivity contribution in [3.05, 3.63) is 23.8 Å². The molecule has 0 radical (unpaired) electrons. The van der Waals surface area contributed by atoms with Crippen molar-refractivity contribution in [2.45, 2.75) is 83.7 Å². The van der Waals surface area contributed by atoms with E-state index in [1.54, 1.807) is 0 Å². The lowest BCUT2D eigenvalue weighted by atomic mass is 9.94. The molecule has 3 aliphatic rings. The van der Waals surface area contributed by atoms with Gasteiger partial charge < -0.3 is 19.3 Å². The standard InChI is InChI=1S/C27H40N4O4/c1-2-3-15-34-17-14-31(22-9-5-4-6-10-22)26(33)11-7-8-16-35-23-12-13-24-21(18-23)19-30-20-25(32)29-27(30)28-24/h12-13,18,22H,2-11,14-17,19-20H2,1H3,(H,28,29,32). The molecule has 0 spiro atoms. The predicted octanol–water partition coefficient (Wildman–Crippen LogP) is 4.15. The van der Waals surface area contributed by atoms with Crippen LogP contribution in [0.15, 0.2) is 23.2 Å². The van der Waals surface area contributed by atoms with Crippen molar-refractivity contribution >= 4 is 23.5 Å². The summed E-state index contributed by atoms with van der Waals surface area (Å²) in [6, 6.07) is 6.24. The Morgan fingerprint density at radius 2 is 1.97 bits per heavy atom. The summed E-state index contributed by atoms with van der Waals surface area (Å²) in [5.41, 5.74) is 1.93. The minimum atomic E-state index is -0.0198. The summed E-state index contributed by atoms with van der Waals surface area (Å²) in [7, 11) is 0. The summed E-state index contributed by atoms with van der Waals surface area (Å²) in [5.74, 6) is 1.68. The lowest BCUT2D eigenvalue weighted by Gasteiger charge is -2.34. The second kappa shape index (κ2) is 12.9. The van der Waals surface area contributed by atoms with Crippen LogP contribution in [0.3, 0.4) is 0 Å². The summed E-state index contributed by atoms with van der Waals surface area (Å²) < 4.78 is 11.7. The van der Waals surface area contributed by atoms with Crippen molar-refractivity contribution in [3.8, 4) is 5.75 Å². The summed E-state index contributed by atoms with van der Waals surface area (Å²) in [5, 5.41) is 2.78. The maximum atomic E-state index is 13.1. The summed E-state index contributed by atoms with van der Waals surface area (Å²) in [6.45, 7) is 5.86. The number of nitrogens with one attached hydrogen (secondary N) is 1. The molecule has 0 aromatic heterocycles. The van der Waals surface area contributed by atoms with Gasteiger partial charge in [-0.15, -0.1) is 0 Å². The van der Waals surface area contributed by atoms with Crippen LogP contribution in [-0.2, 0) is 20.9 Å². The number of ether oxygens (including phenoxy) is 2. The normalized spacial score (nSPS) is 17.5. The highest BCUT2D eigenvalue weighted by molar-refractivity contribution is 6.05. The van der Waals surface area contributed by atoms with Crippen molar-refractivity contribution in [2.75, 3.05) is 32.9 Å². The van der Waals surface area contributed by atoms with Crippen LogP contribution in [0.4, 0.5) is 5.69 Å². The number of amides is 2. The van der Waals surface area contributed by atoms with Gasteiger partial charge in [0.1, 0.15) is 12.3 Å². The Hall–Kier alpha value is -2.61. The first-order valence-corrected chi connectivity index (χ1v) is 13.4. The fraction of sp³-hybridized carbons (Fsp3) is 0.667. The number of fused-ring (bicyclic) bond motifs is 2. The molecule has 1 saturated carbocycles. The Morgan fingerprint density at radius 3 is 2.80 bits per heavy atom. The van der Waals surface area contributed by atoms with Gasteiger partial charge in [-0.2, -0.15) is 0 Å². The Morgan fingerprint density at radius 1 is 1.11 bits per heavy atom. The fourth-order valence-electron chi connectivity index (χ4n) is 5.05. The third-order valence-corrected chi connectivity index (χ3v) is 7.03. The van der Waals surface area contributed by atoms with Crippen LogP contribution in [0.2, 0.25) is 0 Å². The molecule has 1 saturated heterocycles. The molecule has 0 atom stereocenters. The van der Waals surface area contributed by atoms with Crippen molar-refractivity contribution < 1.29 is 19.1 Å². The molecule has 2 aliphatic heterocycles. The number of carbonyl (C=O) groups is 2. The number of nitrogens with zero attached hydrogens (tertiary/aromatic N) is 3. The average molecular weight is 485 g/mol. The van der Waals surface area contributed by atoms with Gasteiger partial charge in [0.15, 0.2) is 0 Å². The number of unbranched alkanes of at least 4 members (excludes halogenated alkanes) is 2. The monoisotopic (exact) mass is 484 g/mol. The molecule has 192 valence electrons. The van der Waals surface area contributed by atoms with E-state index < -0.39 is 0 Å². The number of aliphatic imine (C=N–C) groups is 1. The van der Waals surface area contributed by atoms with E-state index in [2.05, 4.69) is 22.1 Å². The quantitative estimate of drug-likeness (QED) is 0.425. The predicted molar refractivity (Wildman–Crippen MR) is 136 cm³/mol. The SMILES string of the molecule is CCCCOCCN(C(=O)CCCCOc1ccc2c(c1)CN1CC(=O)NC1=N2)C1CCCCC1. The molecule has 8 heteroatoms. The first-order chi connectivity index (χ1) is 17.1. The minimum absolute atomic E-state index is 0.0198. The molecule has 0 unspecified atom stereocenters. The summed E-state index contributed by atoms with van der Waals surface area (Å²) >= 11 is 0. The summed E-state index contributed by atoms with van der Waals surface area (Å²) in [4.78, 5) is 33.2. The van der Waals surface area contributed by atoms with Gasteiger partial charge in [0.05, 0.1) is 18.9 Å². The number of carbonyl (C=O) groups excluding carboxylic acids is 2. The van der Waals surface area contributed by atoms with E-state index >= 15 is 0 Å². The Kier molecular flexibility index (Phi) is 9.40. The molecule has 1 aromatic carbocycles. The number of hydrogen-bond acceptors (Lipinski definition) is 6. The van der Waals surface area contributed by atoms with Crippen molar-refractivity contribution in [1.82, 2.24) is 15.1 Å². The molecule has 1 aliphatic carbocycles. The van der Waals surface area contributed by atoms with E-state index in [0.29, 0.717) is 51.3 Å². The van der Waals surface area contributed by atoms with Gasteiger partial charge in [-0.3, -0.25) is 14.9 Å². The van der Waals surface area contributed by atoms with Crippen LogP contribution in [0.1, 0.15) is 76.7 Å². The third kappa shape index (κ3) is 7.19. The maximum Gasteiger partial charge on any atom is 0.246 e. The van der Waals surface area contributed by atoms with Crippen molar-refractivity contribution in [2.24, 2.45) is 4.99 Å². The zero-order valence-corrected chi connectivity index (χ0v) is 21.1. The molecule has 1 aromatic rings. The van der Waals surface area contributed by atoms with Crippen LogP contribution in [0.25, 0.3) is 0 Å². The zero-order chi connectivity index (χ0) is 24.5. The molecule has 35 heavy (non-hydrogen) atoms. The van der Waals surface area contributed by atoms with Gasteiger partial charge in [-0.1, -0.05) is 32.6 Å².